The molecule has 0 radical (unpaired) electrons. The monoisotopic (exact) mass is 195 g/mol. The standard InChI is InChI=1S/C12H20P/c1-4-5-11-13(2,3)12-9-7-6-8-10-12/h6-10H,4-5,11H2,1-3H3/q+1. The van der Waals surface area contributed by atoms with Gasteiger partial charge in [-0.05, 0) is 18.6 Å². The lowest BCUT2D eigenvalue weighted by Gasteiger charge is -2.17. The van der Waals surface area contributed by atoms with Gasteiger partial charge in [0.25, 0.3) is 0 Å². The van der Waals surface area contributed by atoms with E-state index in [9.17, 15) is 0 Å². The van der Waals surface area contributed by atoms with Gasteiger partial charge in [0.05, 0.1) is 24.8 Å². The van der Waals surface area contributed by atoms with Crippen molar-refractivity contribution in [2.24, 2.45) is 0 Å². The summed E-state index contributed by atoms with van der Waals surface area (Å²) in [6.45, 7) is 7.15. The fourth-order valence-corrected chi connectivity index (χ4v) is 3.86. The summed E-state index contributed by atoms with van der Waals surface area (Å²) in [7, 11) is -0.811. The van der Waals surface area contributed by atoms with E-state index in [0.717, 1.165) is 0 Å². The molecule has 0 spiro atoms. The van der Waals surface area contributed by atoms with Gasteiger partial charge in [0.2, 0.25) is 0 Å². The van der Waals surface area contributed by atoms with Crippen molar-refractivity contribution in [3.63, 3.8) is 0 Å². The highest BCUT2D eigenvalue weighted by Crippen LogP contribution is 2.50. The van der Waals surface area contributed by atoms with Crippen molar-refractivity contribution in [2.75, 3.05) is 19.5 Å². The molecule has 0 aliphatic heterocycles. The van der Waals surface area contributed by atoms with Gasteiger partial charge in [-0.15, -0.1) is 0 Å². The summed E-state index contributed by atoms with van der Waals surface area (Å²) in [5.41, 5.74) is 0. The predicted molar refractivity (Wildman–Crippen MR) is 64.6 cm³/mol. The molecule has 13 heavy (non-hydrogen) atoms. The van der Waals surface area contributed by atoms with E-state index in [1.807, 2.05) is 0 Å². The van der Waals surface area contributed by atoms with Gasteiger partial charge in [-0.2, -0.15) is 0 Å². The van der Waals surface area contributed by atoms with Crippen LogP contribution < -0.4 is 5.30 Å². The van der Waals surface area contributed by atoms with Crippen LogP contribution in [-0.4, -0.2) is 19.5 Å². The fourth-order valence-electron chi connectivity index (χ4n) is 1.51. The summed E-state index contributed by atoms with van der Waals surface area (Å²) in [4.78, 5) is 0. The zero-order chi connectivity index (χ0) is 9.73. The van der Waals surface area contributed by atoms with Crippen molar-refractivity contribution in [3.8, 4) is 0 Å². The minimum absolute atomic E-state index is 0.811. The SMILES string of the molecule is CCCC[P+](C)(C)c1ccccc1. The molecule has 0 saturated heterocycles. The summed E-state index contributed by atoms with van der Waals surface area (Å²) in [5, 5.41) is 1.57. The van der Waals surface area contributed by atoms with Gasteiger partial charge >= 0.3 is 0 Å². The third-order valence-corrected chi connectivity index (χ3v) is 5.66. The van der Waals surface area contributed by atoms with Crippen molar-refractivity contribution in [1.29, 1.82) is 0 Å². The summed E-state index contributed by atoms with van der Waals surface area (Å²) in [6, 6.07) is 11.0. The normalized spacial score (nSPS) is 11.6. The molecule has 0 unspecified atom stereocenters. The Morgan fingerprint density at radius 2 is 1.69 bits per heavy atom. The molecule has 1 aromatic carbocycles. The lowest BCUT2D eigenvalue weighted by Crippen LogP contribution is -2.11. The molecule has 0 heterocycles. The van der Waals surface area contributed by atoms with Crippen LogP contribution in [0.15, 0.2) is 30.3 Å². The van der Waals surface area contributed by atoms with Crippen LogP contribution >= 0.6 is 7.26 Å². The van der Waals surface area contributed by atoms with E-state index < -0.39 is 7.26 Å². The molecule has 0 fully saturated rings. The van der Waals surface area contributed by atoms with Crippen LogP contribution in [0.25, 0.3) is 0 Å². The molecule has 0 saturated carbocycles. The second kappa shape index (κ2) is 4.77. The number of hydrogen-bond acceptors (Lipinski definition) is 0. The highest BCUT2D eigenvalue weighted by molar-refractivity contribution is 7.81. The third-order valence-electron chi connectivity index (χ3n) is 2.53. The van der Waals surface area contributed by atoms with Gasteiger partial charge in [0.15, 0.2) is 0 Å². The Balaban J connectivity index is 2.69. The molecule has 1 aromatic rings. The van der Waals surface area contributed by atoms with E-state index in [2.05, 4.69) is 50.6 Å². The van der Waals surface area contributed by atoms with E-state index in [4.69, 9.17) is 0 Å². The van der Waals surface area contributed by atoms with Crippen molar-refractivity contribution >= 4 is 12.6 Å². The maximum absolute atomic E-state index is 2.44. The van der Waals surface area contributed by atoms with Gasteiger partial charge < -0.3 is 0 Å². The van der Waals surface area contributed by atoms with Crippen LogP contribution in [0.1, 0.15) is 19.8 Å². The first-order valence-corrected chi connectivity index (χ1v) is 7.92. The Labute approximate surface area is 82.7 Å². The number of hydrogen-bond donors (Lipinski definition) is 0. The van der Waals surface area contributed by atoms with Crippen LogP contribution in [-0.2, 0) is 0 Å². The maximum Gasteiger partial charge on any atom is 0.0933 e. The topological polar surface area (TPSA) is 0 Å². The first-order chi connectivity index (χ1) is 6.17. The quantitative estimate of drug-likeness (QED) is 0.646. The Morgan fingerprint density at radius 3 is 2.23 bits per heavy atom. The highest BCUT2D eigenvalue weighted by atomic mass is 31.2. The number of rotatable bonds is 4. The van der Waals surface area contributed by atoms with Crippen LogP contribution in [0.4, 0.5) is 0 Å². The molecule has 0 amide bonds. The Bertz CT molecular complexity index is 239. The largest absolute Gasteiger partial charge is 0.0933 e. The summed E-state index contributed by atoms with van der Waals surface area (Å²) >= 11 is 0. The molecule has 0 N–H and O–H groups in total. The molecule has 1 rings (SSSR count). The number of unbranched alkanes of at least 4 members (excludes halogenated alkanes) is 1. The van der Waals surface area contributed by atoms with E-state index >= 15 is 0 Å². The van der Waals surface area contributed by atoms with Crippen molar-refractivity contribution in [1.82, 2.24) is 0 Å². The Kier molecular flexibility index (Phi) is 3.93. The average Bonchev–Trinajstić information content (AvgIpc) is 2.16. The van der Waals surface area contributed by atoms with Crippen LogP contribution in [0.2, 0.25) is 0 Å². The molecular formula is C12H20P+. The third kappa shape index (κ3) is 3.12. The first-order valence-electron chi connectivity index (χ1n) is 5.05. The molecule has 0 aliphatic rings. The average molecular weight is 195 g/mol. The molecule has 1 heteroatoms. The van der Waals surface area contributed by atoms with Gasteiger partial charge in [-0.25, -0.2) is 0 Å². The van der Waals surface area contributed by atoms with Gasteiger partial charge in [0, 0.05) is 7.26 Å². The summed E-state index contributed by atoms with van der Waals surface area (Å²) < 4.78 is 0. The van der Waals surface area contributed by atoms with E-state index in [0.29, 0.717) is 0 Å². The molecule has 0 aromatic heterocycles. The smallest absolute Gasteiger partial charge is 0.0652 e. The van der Waals surface area contributed by atoms with Gasteiger partial charge in [-0.3, -0.25) is 0 Å². The maximum atomic E-state index is 2.44. The molecule has 72 valence electrons. The lowest BCUT2D eigenvalue weighted by molar-refractivity contribution is 0.890. The first kappa shape index (κ1) is 10.7. The second-order valence-electron chi connectivity index (χ2n) is 4.10. The van der Waals surface area contributed by atoms with E-state index in [1.54, 1.807) is 5.30 Å². The molecule has 0 aliphatic carbocycles. The van der Waals surface area contributed by atoms with E-state index in [-0.39, 0.29) is 0 Å². The molecular weight excluding hydrogens is 175 g/mol. The van der Waals surface area contributed by atoms with Crippen molar-refractivity contribution in [2.45, 2.75) is 19.8 Å². The van der Waals surface area contributed by atoms with E-state index in [1.165, 1.54) is 19.0 Å². The summed E-state index contributed by atoms with van der Waals surface area (Å²) in [5.74, 6) is 0. The highest BCUT2D eigenvalue weighted by Gasteiger charge is 2.26. The minimum Gasteiger partial charge on any atom is -0.0652 e. The van der Waals surface area contributed by atoms with Crippen LogP contribution in [0.3, 0.4) is 0 Å². The fraction of sp³-hybridized carbons (Fsp3) is 0.500. The van der Waals surface area contributed by atoms with Crippen molar-refractivity contribution < 1.29 is 0 Å². The predicted octanol–water partition coefficient (Wildman–Crippen LogP) is 3.39. The Hall–Kier alpha value is -0.350. The molecule has 0 bridgehead atoms. The summed E-state index contributed by atoms with van der Waals surface area (Å²) in [6.07, 6.45) is 4.08. The number of benzene rings is 1. The zero-order valence-corrected chi connectivity index (χ0v) is 9.85. The molecule has 0 nitrogen and oxygen atoms in total. The molecule has 0 atom stereocenters. The minimum atomic E-state index is -0.811. The zero-order valence-electron chi connectivity index (χ0n) is 8.96. The van der Waals surface area contributed by atoms with Gasteiger partial charge in [0.1, 0.15) is 0 Å². The second-order valence-corrected chi connectivity index (χ2v) is 8.43. The van der Waals surface area contributed by atoms with Crippen LogP contribution in [0, 0.1) is 0 Å². The lowest BCUT2D eigenvalue weighted by atomic mass is 10.4. The van der Waals surface area contributed by atoms with Crippen molar-refractivity contribution in [3.05, 3.63) is 30.3 Å². The van der Waals surface area contributed by atoms with Crippen LogP contribution in [0.5, 0.6) is 0 Å². The van der Waals surface area contributed by atoms with Gasteiger partial charge in [-0.1, -0.05) is 31.5 Å². The Morgan fingerprint density at radius 1 is 1.08 bits per heavy atom.